The zero-order chi connectivity index (χ0) is 48.6. The summed E-state index contributed by atoms with van der Waals surface area (Å²) < 4.78 is 16.7. The van der Waals surface area contributed by atoms with Gasteiger partial charge in [0.05, 0.1) is 0 Å². The lowest BCUT2D eigenvalue weighted by Gasteiger charge is -2.18. The standard InChI is InChI=1S/C61H96O6/c1-4-7-10-13-16-19-22-25-27-29-31-33-36-39-42-45-48-51-54-60(63)66-57-58(56-65-59(62)53-50-47-44-41-38-35-24-21-18-15-12-9-6-3)67-61(64)55-52-49-46-43-40-37-34-32-30-28-26-23-20-17-14-11-8-5-2/h9,12,15-16,18-19,21-22,24-25,27-35,38,41,44,58H,4-8,10-11,13-14,17,20,23,26,36-37,39-40,42-43,45-57H2,1-3H3/b12-9-,18-15-,19-16-,24-21-,25-22-,29-27-,30-28-,33-31-,34-32-,38-35-,44-41-. The first kappa shape index (κ1) is 62.5. The first-order valence-electron chi connectivity index (χ1n) is 26.8. The van der Waals surface area contributed by atoms with Crippen LogP contribution in [0.1, 0.15) is 213 Å². The van der Waals surface area contributed by atoms with Gasteiger partial charge in [-0.25, -0.2) is 0 Å². The fourth-order valence-electron chi connectivity index (χ4n) is 6.83. The van der Waals surface area contributed by atoms with Crippen molar-refractivity contribution >= 4 is 17.9 Å². The van der Waals surface area contributed by atoms with Crippen molar-refractivity contribution in [1.29, 1.82) is 0 Å². The molecule has 0 spiro atoms. The molecule has 0 aromatic heterocycles. The molecule has 0 aliphatic heterocycles. The summed E-state index contributed by atoms with van der Waals surface area (Å²) >= 11 is 0. The molecule has 6 heteroatoms. The predicted octanol–water partition coefficient (Wildman–Crippen LogP) is 17.9. The van der Waals surface area contributed by atoms with Gasteiger partial charge in [0, 0.05) is 19.3 Å². The third kappa shape index (κ3) is 52.4. The van der Waals surface area contributed by atoms with Gasteiger partial charge in [0.1, 0.15) is 13.2 Å². The number of carbonyl (C=O) groups excluding carboxylic acids is 3. The minimum Gasteiger partial charge on any atom is -0.462 e. The van der Waals surface area contributed by atoms with Crippen molar-refractivity contribution in [3.8, 4) is 0 Å². The van der Waals surface area contributed by atoms with Crippen molar-refractivity contribution in [3.05, 3.63) is 134 Å². The second-order valence-corrected chi connectivity index (χ2v) is 17.3. The molecule has 376 valence electrons. The lowest BCUT2D eigenvalue weighted by atomic mass is 10.1. The highest BCUT2D eigenvalue weighted by Gasteiger charge is 2.19. The Hall–Kier alpha value is -4.45. The van der Waals surface area contributed by atoms with Gasteiger partial charge < -0.3 is 14.2 Å². The maximum absolute atomic E-state index is 12.8. The van der Waals surface area contributed by atoms with Crippen LogP contribution < -0.4 is 0 Å². The number of rotatable bonds is 46. The molecule has 1 unspecified atom stereocenters. The molecular formula is C61H96O6. The highest BCUT2D eigenvalue weighted by atomic mass is 16.6. The number of ether oxygens (including phenoxy) is 3. The van der Waals surface area contributed by atoms with E-state index < -0.39 is 6.10 Å². The summed E-state index contributed by atoms with van der Waals surface area (Å²) in [6.45, 7) is 6.34. The summed E-state index contributed by atoms with van der Waals surface area (Å²) in [5.41, 5.74) is 0. The Balaban J connectivity index is 4.57. The highest BCUT2D eigenvalue weighted by molar-refractivity contribution is 5.71. The predicted molar refractivity (Wildman–Crippen MR) is 288 cm³/mol. The van der Waals surface area contributed by atoms with Crippen molar-refractivity contribution in [2.75, 3.05) is 13.2 Å². The van der Waals surface area contributed by atoms with Gasteiger partial charge in [-0.1, -0.05) is 244 Å². The molecule has 0 bridgehead atoms. The van der Waals surface area contributed by atoms with E-state index in [4.69, 9.17) is 14.2 Å². The minimum atomic E-state index is -0.830. The summed E-state index contributed by atoms with van der Waals surface area (Å²) in [7, 11) is 0. The van der Waals surface area contributed by atoms with Gasteiger partial charge in [0.25, 0.3) is 0 Å². The average Bonchev–Trinajstić information content (AvgIpc) is 3.33. The molecule has 0 radical (unpaired) electrons. The van der Waals surface area contributed by atoms with Gasteiger partial charge >= 0.3 is 17.9 Å². The van der Waals surface area contributed by atoms with Crippen LogP contribution in [0.2, 0.25) is 0 Å². The molecule has 67 heavy (non-hydrogen) atoms. The summed E-state index contributed by atoms with van der Waals surface area (Å²) in [5, 5.41) is 0. The normalized spacial score (nSPS) is 13.2. The number of esters is 3. The molecule has 0 aliphatic rings. The van der Waals surface area contributed by atoms with Crippen LogP contribution in [0.4, 0.5) is 0 Å². The number of allylic oxidation sites excluding steroid dienone is 22. The van der Waals surface area contributed by atoms with Crippen molar-refractivity contribution in [2.24, 2.45) is 0 Å². The maximum Gasteiger partial charge on any atom is 0.306 e. The molecule has 0 rings (SSSR count). The lowest BCUT2D eigenvalue weighted by Crippen LogP contribution is -2.30. The van der Waals surface area contributed by atoms with Crippen molar-refractivity contribution in [2.45, 2.75) is 219 Å². The smallest absolute Gasteiger partial charge is 0.306 e. The first-order chi connectivity index (χ1) is 33.0. The monoisotopic (exact) mass is 925 g/mol. The first-order valence-corrected chi connectivity index (χ1v) is 26.8. The Bertz CT molecular complexity index is 1480. The quantitative estimate of drug-likeness (QED) is 0.0262. The van der Waals surface area contributed by atoms with E-state index in [-0.39, 0.29) is 44.0 Å². The molecule has 0 fully saturated rings. The van der Waals surface area contributed by atoms with E-state index in [0.717, 1.165) is 96.3 Å². The van der Waals surface area contributed by atoms with Crippen LogP contribution >= 0.6 is 0 Å². The molecule has 1 atom stereocenters. The van der Waals surface area contributed by atoms with Crippen LogP contribution in [0.25, 0.3) is 0 Å². The van der Waals surface area contributed by atoms with Crippen LogP contribution in [-0.4, -0.2) is 37.2 Å². The minimum absolute atomic E-state index is 0.124. The molecule has 0 heterocycles. The Morgan fingerprint density at radius 3 is 1.01 bits per heavy atom. The van der Waals surface area contributed by atoms with E-state index in [1.54, 1.807) is 0 Å². The zero-order valence-corrected chi connectivity index (χ0v) is 42.9. The van der Waals surface area contributed by atoms with Crippen molar-refractivity contribution < 1.29 is 28.6 Å². The number of carbonyl (C=O) groups is 3. The van der Waals surface area contributed by atoms with Gasteiger partial charge in [0.15, 0.2) is 6.10 Å². The van der Waals surface area contributed by atoms with E-state index in [0.29, 0.717) is 12.8 Å². The van der Waals surface area contributed by atoms with E-state index >= 15 is 0 Å². The molecule has 0 aromatic carbocycles. The lowest BCUT2D eigenvalue weighted by molar-refractivity contribution is -0.167. The largest absolute Gasteiger partial charge is 0.462 e. The van der Waals surface area contributed by atoms with E-state index in [9.17, 15) is 14.4 Å². The fraction of sp³-hybridized carbons (Fsp3) is 0.590. The van der Waals surface area contributed by atoms with Gasteiger partial charge in [-0.15, -0.1) is 0 Å². The number of hydrogen-bond acceptors (Lipinski definition) is 6. The summed E-state index contributed by atoms with van der Waals surface area (Å²) in [5.74, 6) is -1.04. The number of hydrogen-bond donors (Lipinski definition) is 0. The Morgan fingerprint density at radius 2 is 0.597 bits per heavy atom. The second kappa shape index (κ2) is 54.2. The third-order valence-electron chi connectivity index (χ3n) is 10.9. The van der Waals surface area contributed by atoms with Crippen LogP contribution in [0.3, 0.4) is 0 Å². The number of unbranched alkanes of at least 4 members (excludes halogenated alkanes) is 21. The van der Waals surface area contributed by atoms with Gasteiger partial charge in [-0.2, -0.15) is 0 Å². The zero-order valence-electron chi connectivity index (χ0n) is 42.9. The molecule has 0 saturated carbocycles. The van der Waals surface area contributed by atoms with Crippen molar-refractivity contribution in [3.63, 3.8) is 0 Å². The Labute approximate surface area is 411 Å². The fourth-order valence-corrected chi connectivity index (χ4v) is 6.83. The van der Waals surface area contributed by atoms with Gasteiger partial charge in [-0.3, -0.25) is 14.4 Å². The topological polar surface area (TPSA) is 78.9 Å². The highest BCUT2D eigenvalue weighted by Crippen LogP contribution is 2.13. The van der Waals surface area contributed by atoms with E-state index in [1.807, 2.05) is 54.7 Å². The van der Waals surface area contributed by atoms with Gasteiger partial charge in [0.2, 0.25) is 0 Å². The molecule has 0 N–H and O–H groups in total. The van der Waals surface area contributed by atoms with Gasteiger partial charge in [-0.05, 0) is 83.5 Å². The summed E-state index contributed by atoms with van der Waals surface area (Å²) in [6.07, 6.45) is 75.8. The average molecular weight is 925 g/mol. The molecule has 0 amide bonds. The SMILES string of the molecule is CC\C=C/C=C\C=C/C=C\C=C/CCCC(=O)OCC(COC(=O)CCCCCCC\C=C/C=C\C=C/C=C\CCCCC)OC(=O)CCCCCCC/C=C\C=C/CCCCCCCCC. The molecule has 6 nitrogen and oxygen atoms in total. The second-order valence-electron chi connectivity index (χ2n) is 17.3. The summed E-state index contributed by atoms with van der Waals surface area (Å²) in [6, 6.07) is 0. The molecule has 0 aromatic rings. The van der Waals surface area contributed by atoms with Crippen LogP contribution in [0.5, 0.6) is 0 Å². The van der Waals surface area contributed by atoms with Crippen molar-refractivity contribution in [1.82, 2.24) is 0 Å². The maximum atomic E-state index is 12.8. The van der Waals surface area contributed by atoms with Crippen LogP contribution in [0.15, 0.2) is 134 Å². The molecule has 0 aliphatic carbocycles. The Kier molecular flexibility index (Phi) is 50.6. The van der Waals surface area contributed by atoms with Crippen LogP contribution in [0, 0.1) is 0 Å². The third-order valence-corrected chi connectivity index (χ3v) is 10.9. The molecular weight excluding hydrogens is 829 g/mol. The Morgan fingerprint density at radius 1 is 0.313 bits per heavy atom. The summed E-state index contributed by atoms with van der Waals surface area (Å²) in [4.78, 5) is 38.0. The van der Waals surface area contributed by atoms with Crippen LogP contribution in [-0.2, 0) is 28.6 Å². The van der Waals surface area contributed by atoms with E-state index in [1.165, 1.54) is 70.6 Å². The van der Waals surface area contributed by atoms with E-state index in [2.05, 4.69) is 99.8 Å². The molecule has 0 saturated heterocycles.